The standard InChI is InChI=1S/C13H18BrNO/c1-8(2)15-12-7-9(3)16-13-10(12)5-4-6-11(13)14/h4-6,8-9,12,15H,7H2,1-3H3. The summed E-state index contributed by atoms with van der Waals surface area (Å²) in [7, 11) is 0. The fourth-order valence-electron chi connectivity index (χ4n) is 2.19. The molecule has 3 heteroatoms. The van der Waals surface area contributed by atoms with Crippen molar-refractivity contribution in [2.45, 2.75) is 45.4 Å². The smallest absolute Gasteiger partial charge is 0.138 e. The van der Waals surface area contributed by atoms with Gasteiger partial charge in [0.05, 0.1) is 10.6 Å². The van der Waals surface area contributed by atoms with E-state index in [0.29, 0.717) is 12.1 Å². The van der Waals surface area contributed by atoms with Crippen molar-refractivity contribution in [2.24, 2.45) is 0 Å². The van der Waals surface area contributed by atoms with Gasteiger partial charge in [-0.05, 0) is 28.9 Å². The molecule has 0 saturated carbocycles. The molecule has 1 aromatic rings. The zero-order valence-corrected chi connectivity index (χ0v) is 11.5. The Morgan fingerprint density at radius 3 is 2.88 bits per heavy atom. The molecule has 2 unspecified atom stereocenters. The van der Waals surface area contributed by atoms with E-state index in [-0.39, 0.29) is 6.10 Å². The number of hydrogen-bond acceptors (Lipinski definition) is 2. The van der Waals surface area contributed by atoms with Crippen molar-refractivity contribution in [3.05, 3.63) is 28.2 Å². The van der Waals surface area contributed by atoms with Crippen LogP contribution in [0.3, 0.4) is 0 Å². The normalized spacial score (nSPS) is 24.1. The van der Waals surface area contributed by atoms with Crippen LogP contribution in [0.2, 0.25) is 0 Å². The van der Waals surface area contributed by atoms with Gasteiger partial charge < -0.3 is 10.1 Å². The lowest BCUT2D eigenvalue weighted by atomic mass is 9.96. The van der Waals surface area contributed by atoms with Crippen molar-refractivity contribution < 1.29 is 4.74 Å². The monoisotopic (exact) mass is 283 g/mol. The third-order valence-corrected chi connectivity index (χ3v) is 3.42. The summed E-state index contributed by atoms with van der Waals surface area (Å²) in [6, 6.07) is 7.13. The average Bonchev–Trinajstić information content (AvgIpc) is 2.18. The van der Waals surface area contributed by atoms with Gasteiger partial charge >= 0.3 is 0 Å². The number of halogens is 1. The fourth-order valence-corrected chi connectivity index (χ4v) is 2.67. The minimum absolute atomic E-state index is 0.266. The Hall–Kier alpha value is -0.540. The Bertz CT molecular complexity index is 378. The predicted molar refractivity (Wildman–Crippen MR) is 69.9 cm³/mol. The van der Waals surface area contributed by atoms with Crippen LogP contribution in [-0.4, -0.2) is 12.1 Å². The molecule has 0 aliphatic carbocycles. The maximum atomic E-state index is 5.89. The van der Waals surface area contributed by atoms with E-state index in [9.17, 15) is 0 Å². The zero-order valence-electron chi connectivity index (χ0n) is 9.96. The molecule has 0 radical (unpaired) electrons. The second kappa shape index (κ2) is 4.76. The molecule has 0 fully saturated rings. The minimum Gasteiger partial charge on any atom is -0.489 e. The van der Waals surface area contributed by atoms with Gasteiger partial charge in [-0.3, -0.25) is 0 Å². The Morgan fingerprint density at radius 1 is 1.44 bits per heavy atom. The number of hydrogen-bond donors (Lipinski definition) is 1. The summed E-state index contributed by atoms with van der Waals surface area (Å²) in [6.45, 7) is 6.48. The van der Waals surface area contributed by atoms with E-state index in [0.717, 1.165) is 16.6 Å². The zero-order chi connectivity index (χ0) is 11.7. The Balaban J connectivity index is 2.34. The van der Waals surface area contributed by atoms with Gasteiger partial charge in [0, 0.05) is 24.1 Å². The average molecular weight is 284 g/mol. The number of para-hydroxylation sites is 1. The molecule has 1 N–H and O–H groups in total. The number of rotatable bonds is 2. The molecular formula is C13H18BrNO. The highest BCUT2D eigenvalue weighted by Gasteiger charge is 2.27. The van der Waals surface area contributed by atoms with Crippen molar-refractivity contribution in [2.75, 3.05) is 0 Å². The van der Waals surface area contributed by atoms with Crippen LogP contribution in [0, 0.1) is 0 Å². The highest BCUT2D eigenvalue weighted by Crippen LogP contribution is 2.39. The van der Waals surface area contributed by atoms with Gasteiger partial charge in [-0.2, -0.15) is 0 Å². The van der Waals surface area contributed by atoms with Gasteiger partial charge in [0.25, 0.3) is 0 Å². The van der Waals surface area contributed by atoms with Crippen LogP contribution in [-0.2, 0) is 0 Å². The second-order valence-corrected chi connectivity index (χ2v) is 5.55. The molecule has 16 heavy (non-hydrogen) atoms. The summed E-state index contributed by atoms with van der Waals surface area (Å²) in [5.41, 5.74) is 1.26. The topological polar surface area (TPSA) is 21.3 Å². The van der Waals surface area contributed by atoms with Gasteiger partial charge in [-0.15, -0.1) is 0 Å². The summed E-state index contributed by atoms with van der Waals surface area (Å²) < 4.78 is 6.94. The van der Waals surface area contributed by atoms with E-state index in [4.69, 9.17) is 4.74 Å². The molecule has 88 valence electrons. The molecule has 1 aliphatic rings. The van der Waals surface area contributed by atoms with Gasteiger partial charge in [-0.25, -0.2) is 0 Å². The summed E-state index contributed by atoms with van der Waals surface area (Å²) in [4.78, 5) is 0. The molecule has 0 spiro atoms. The molecule has 0 bridgehead atoms. The lowest BCUT2D eigenvalue weighted by Gasteiger charge is -2.32. The van der Waals surface area contributed by atoms with Crippen molar-refractivity contribution >= 4 is 15.9 Å². The van der Waals surface area contributed by atoms with Crippen LogP contribution in [0.15, 0.2) is 22.7 Å². The largest absolute Gasteiger partial charge is 0.489 e. The van der Waals surface area contributed by atoms with Gasteiger partial charge in [0.2, 0.25) is 0 Å². The molecule has 2 nitrogen and oxygen atoms in total. The molecule has 0 amide bonds. The number of nitrogens with one attached hydrogen (secondary N) is 1. The third kappa shape index (κ3) is 2.41. The molecule has 0 aromatic heterocycles. The van der Waals surface area contributed by atoms with Crippen LogP contribution >= 0.6 is 15.9 Å². The van der Waals surface area contributed by atoms with E-state index in [1.807, 2.05) is 6.07 Å². The van der Waals surface area contributed by atoms with Crippen LogP contribution in [0.4, 0.5) is 0 Å². The molecule has 2 atom stereocenters. The summed E-state index contributed by atoms with van der Waals surface area (Å²) in [5.74, 6) is 0.999. The Labute approximate surface area is 106 Å². The lowest BCUT2D eigenvalue weighted by Crippen LogP contribution is -2.35. The molecule has 0 saturated heterocycles. The highest BCUT2D eigenvalue weighted by molar-refractivity contribution is 9.10. The molecule has 1 heterocycles. The summed E-state index contributed by atoms with van der Waals surface area (Å²) in [6.07, 6.45) is 1.30. The molecular weight excluding hydrogens is 266 g/mol. The van der Waals surface area contributed by atoms with Crippen LogP contribution < -0.4 is 10.1 Å². The Morgan fingerprint density at radius 2 is 2.19 bits per heavy atom. The number of fused-ring (bicyclic) bond motifs is 1. The van der Waals surface area contributed by atoms with Crippen molar-refractivity contribution in [3.8, 4) is 5.75 Å². The number of benzene rings is 1. The molecule has 2 rings (SSSR count). The quantitative estimate of drug-likeness (QED) is 0.895. The van der Waals surface area contributed by atoms with Crippen molar-refractivity contribution in [3.63, 3.8) is 0 Å². The highest BCUT2D eigenvalue weighted by atomic mass is 79.9. The van der Waals surface area contributed by atoms with Crippen molar-refractivity contribution in [1.29, 1.82) is 0 Å². The van der Waals surface area contributed by atoms with E-state index in [1.54, 1.807) is 0 Å². The lowest BCUT2D eigenvalue weighted by molar-refractivity contribution is 0.162. The van der Waals surface area contributed by atoms with Crippen LogP contribution in [0.25, 0.3) is 0 Å². The van der Waals surface area contributed by atoms with Gasteiger partial charge in [-0.1, -0.05) is 26.0 Å². The maximum absolute atomic E-state index is 5.89. The fraction of sp³-hybridized carbons (Fsp3) is 0.538. The summed E-state index contributed by atoms with van der Waals surface area (Å²) >= 11 is 3.55. The first kappa shape index (κ1) is 11.9. The van der Waals surface area contributed by atoms with Crippen LogP contribution in [0.5, 0.6) is 5.75 Å². The van der Waals surface area contributed by atoms with Gasteiger partial charge in [0.15, 0.2) is 0 Å². The predicted octanol–water partition coefficient (Wildman–Crippen LogP) is 3.66. The van der Waals surface area contributed by atoms with E-state index in [1.165, 1.54) is 5.56 Å². The first-order valence-corrected chi connectivity index (χ1v) is 6.58. The third-order valence-electron chi connectivity index (χ3n) is 2.79. The first-order valence-electron chi connectivity index (χ1n) is 5.79. The SMILES string of the molecule is CC(C)NC1CC(C)Oc2c(Br)cccc21. The van der Waals surface area contributed by atoms with E-state index in [2.05, 4.69) is 54.2 Å². The van der Waals surface area contributed by atoms with E-state index < -0.39 is 0 Å². The van der Waals surface area contributed by atoms with Crippen LogP contribution in [0.1, 0.15) is 38.8 Å². The molecule has 1 aromatic carbocycles. The summed E-state index contributed by atoms with van der Waals surface area (Å²) in [5, 5.41) is 3.59. The maximum Gasteiger partial charge on any atom is 0.138 e. The van der Waals surface area contributed by atoms with Crippen molar-refractivity contribution in [1.82, 2.24) is 5.32 Å². The number of ether oxygens (including phenoxy) is 1. The van der Waals surface area contributed by atoms with E-state index >= 15 is 0 Å². The van der Waals surface area contributed by atoms with Gasteiger partial charge in [0.1, 0.15) is 5.75 Å². The Kier molecular flexibility index (Phi) is 3.55. The molecule has 1 aliphatic heterocycles. The minimum atomic E-state index is 0.266. The second-order valence-electron chi connectivity index (χ2n) is 4.70. The first-order chi connectivity index (χ1) is 7.58.